The molecule has 0 saturated carbocycles. The Morgan fingerprint density at radius 1 is 1.31 bits per heavy atom. The van der Waals surface area contributed by atoms with E-state index in [2.05, 4.69) is 26.1 Å². The number of fused-ring (bicyclic) bond motifs is 1. The molecule has 1 aliphatic rings. The Balaban J connectivity index is 2.28. The molecule has 0 radical (unpaired) electrons. The Bertz CT molecular complexity index is 707. The van der Waals surface area contributed by atoms with Crippen LogP contribution in [0.5, 0.6) is 0 Å². The second-order valence-corrected chi connectivity index (χ2v) is 8.53. The second-order valence-electron chi connectivity index (χ2n) is 7.42. The average Bonchev–Trinajstić information content (AvgIpc) is 2.96. The van der Waals surface area contributed by atoms with Gasteiger partial charge >= 0.3 is 11.9 Å². The van der Waals surface area contributed by atoms with Gasteiger partial charge in [-0.2, -0.15) is 0 Å². The lowest BCUT2D eigenvalue weighted by atomic mass is 9.69. The normalized spacial score (nSPS) is 16.7. The number of thiophene rings is 1. The Kier molecular flexibility index (Phi) is 6.44. The summed E-state index contributed by atoms with van der Waals surface area (Å²) in [4.78, 5) is 36.1. The van der Waals surface area contributed by atoms with Crippen molar-refractivity contribution in [3.05, 3.63) is 16.0 Å². The van der Waals surface area contributed by atoms with Crippen molar-refractivity contribution < 1.29 is 24.2 Å². The number of esters is 1. The van der Waals surface area contributed by atoms with Crippen molar-refractivity contribution in [2.24, 2.45) is 11.3 Å². The maximum Gasteiger partial charge on any atom is 0.341 e. The number of rotatable bonds is 7. The fourth-order valence-corrected chi connectivity index (χ4v) is 4.69. The van der Waals surface area contributed by atoms with E-state index in [1.165, 1.54) is 18.4 Å². The predicted octanol–water partition coefficient (Wildman–Crippen LogP) is 3.88. The standard InChI is InChI=1S/C19H27NO5S/c1-5-19(2,3)11-6-7-12-13(10-11)26-17(16(12)18(24)25-4)20-14(21)8-9-15(22)23/h11H,5-10H2,1-4H3,(H,20,21)(H,22,23). The minimum atomic E-state index is -1.02. The zero-order valence-electron chi connectivity index (χ0n) is 15.8. The van der Waals surface area contributed by atoms with Gasteiger partial charge in [0, 0.05) is 11.3 Å². The highest BCUT2D eigenvalue weighted by Gasteiger charge is 2.35. The van der Waals surface area contributed by atoms with Crippen LogP contribution in [0.2, 0.25) is 0 Å². The Morgan fingerprint density at radius 3 is 2.58 bits per heavy atom. The van der Waals surface area contributed by atoms with E-state index in [-0.39, 0.29) is 18.3 Å². The highest BCUT2D eigenvalue weighted by molar-refractivity contribution is 7.17. The lowest BCUT2D eigenvalue weighted by Crippen LogP contribution is -2.28. The highest BCUT2D eigenvalue weighted by Crippen LogP contribution is 2.45. The van der Waals surface area contributed by atoms with Gasteiger partial charge in [-0.1, -0.05) is 27.2 Å². The largest absolute Gasteiger partial charge is 0.481 e. The first-order valence-corrected chi connectivity index (χ1v) is 9.75. The van der Waals surface area contributed by atoms with Crippen LogP contribution < -0.4 is 5.32 Å². The molecule has 144 valence electrons. The monoisotopic (exact) mass is 381 g/mol. The predicted molar refractivity (Wildman–Crippen MR) is 101 cm³/mol. The molecule has 0 bridgehead atoms. The third kappa shape index (κ3) is 4.44. The first-order chi connectivity index (χ1) is 12.2. The molecular weight excluding hydrogens is 354 g/mol. The van der Waals surface area contributed by atoms with Crippen molar-refractivity contribution >= 4 is 34.2 Å². The zero-order chi connectivity index (χ0) is 19.5. The lowest BCUT2D eigenvalue weighted by molar-refractivity contribution is -0.138. The van der Waals surface area contributed by atoms with Gasteiger partial charge in [0.05, 0.1) is 19.1 Å². The molecule has 7 heteroatoms. The molecule has 2 N–H and O–H groups in total. The number of carbonyl (C=O) groups is 3. The van der Waals surface area contributed by atoms with Crippen molar-refractivity contribution in [1.82, 2.24) is 0 Å². The number of methoxy groups -OCH3 is 1. The number of ether oxygens (including phenoxy) is 1. The second kappa shape index (κ2) is 8.20. The van der Waals surface area contributed by atoms with Gasteiger partial charge in [-0.25, -0.2) is 4.79 Å². The smallest absolute Gasteiger partial charge is 0.341 e. The molecule has 1 aromatic rings. The Hall–Kier alpha value is -1.89. The van der Waals surface area contributed by atoms with Gasteiger partial charge in [0.15, 0.2) is 0 Å². The fraction of sp³-hybridized carbons (Fsp3) is 0.632. The van der Waals surface area contributed by atoms with E-state index < -0.39 is 17.8 Å². The number of aliphatic carboxylic acids is 1. The van der Waals surface area contributed by atoms with Crippen LogP contribution in [-0.2, 0) is 27.2 Å². The van der Waals surface area contributed by atoms with E-state index in [0.717, 1.165) is 36.1 Å². The summed E-state index contributed by atoms with van der Waals surface area (Å²) in [5, 5.41) is 11.9. The summed E-state index contributed by atoms with van der Waals surface area (Å²) in [6.45, 7) is 6.73. The molecule has 1 atom stereocenters. The third-order valence-electron chi connectivity index (χ3n) is 5.49. The molecule has 0 aromatic carbocycles. The van der Waals surface area contributed by atoms with Crippen LogP contribution >= 0.6 is 11.3 Å². The SMILES string of the molecule is CCC(C)(C)C1CCc2c(sc(NC(=O)CCC(=O)O)c2C(=O)OC)C1. The van der Waals surface area contributed by atoms with Gasteiger partial charge in [0.1, 0.15) is 5.00 Å². The van der Waals surface area contributed by atoms with Crippen LogP contribution in [0, 0.1) is 11.3 Å². The molecule has 0 saturated heterocycles. The van der Waals surface area contributed by atoms with Crippen molar-refractivity contribution in [3.63, 3.8) is 0 Å². The van der Waals surface area contributed by atoms with Crippen molar-refractivity contribution in [2.75, 3.05) is 12.4 Å². The molecule has 2 rings (SSSR count). The molecule has 26 heavy (non-hydrogen) atoms. The van der Waals surface area contributed by atoms with Crippen LogP contribution in [0.1, 0.15) is 67.3 Å². The Morgan fingerprint density at radius 2 is 2.00 bits per heavy atom. The number of anilines is 1. The maximum atomic E-state index is 12.3. The Labute approximate surface area is 157 Å². The summed E-state index contributed by atoms with van der Waals surface area (Å²) in [5.74, 6) is -1.35. The fourth-order valence-electron chi connectivity index (χ4n) is 3.36. The van der Waals surface area contributed by atoms with E-state index >= 15 is 0 Å². The minimum absolute atomic E-state index is 0.121. The number of hydrogen-bond donors (Lipinski definition) is 2. The van der Waals surface area contributed by atoms with Gasteiger partial charge in [-0.3, -0.25) is 9.59 Å². The summed E-state index contributed by atoms with van der Waals surface area (Å²) < 4.78 is 4.92. The van der Waals surface area contributed by atoms with E-state index in [4.69, 9.17) is 9.84 Å². The molecular formula is C19H27NO5S. The molecule has 1 amide bonds. The van der Waals surface area contributed by atoms with Crippen molar-refractivity contribution in [1.29, 1.82) is 0 Å². The van der Waals surface area contributed by atoms with E-state index in [1.54, 1.807) is 0 Å². The topological polar surface area (TPSA) is 92.7 Å². The summed E-state index contributed by atoms with van der Waals surface area (Å²) in [5.41, 5.74) is 1.63. The summed E-state index contributed by atoms with van der Waals surface area (Å²) in [6, 6.07) is 0. The van der Waals surface area contributed by atoms with Crippen molar-refractivity contribution in [2.45, 2.75) is 59.3 Å². The van der Waals surface area contributed by atoms with Crippen LogP contribution in [0.3, 0.4) is 0 Å². The van der Waals surface area contributed by atoms with Gasteiger partial charge in [0.25, 0.3) is 0 Å². The molecule has 1 unspecified atom stereocenters. The van der Waals surface area contributed by atoms with Gasteiger partial charge in [0.2, 0.25) is 5.91 Å². The number of carboxylic acid groups (broad SMARTS) is 1. The maximum absolute atomic E-state index is 12.3. The van der Waals surface area contributed by atoms with E-state index in [0.29, 0.717) is 16.5 Å². The average molecular weight is 381 g/mol. The number of hydrogen-bond acceptors (Lipinski definition) is 5. The molecule has 1 heterocycles. The molecule has 1 aliphatic carbocycles. The third-order valence-corrected chi connectivity index (χ3v) is 6.66. The molecule has 0 fully saturated rings. The number of nitrogens with one attached hydrogen (secondary N) is 1. The summed E-state index contributed by atoms with van der Waals surface area (Å²) in [7, 11) is 1.33. The van der Waals surface area contributed by atoms with Crippen LogP contribution in [-0.4, -0.2) is 30.1 Å². The van der Waals surface area contributed by atoms with Crippen LogP contribution in [0.4, 0.5) is 5.00 Å². The highest BCUT2D eigenvalue weighted by atomic mass is 32.1. The quantitative estimate of drug-likeness (QED) is 0.699. The van der Waals surface area contributed by atoms with Gasteiger partial charge in [-0.15, -0.1) is 11.3 Å². The lowest BCUT2D eigenvalue weighted by Gasteiger charge is -2.36. The molecule has 1 aromatic heterocycles. The van der Waals surface area contributed by atoms with Crippen LogP contribution in [0.25, 0.3) is 0 Å². The van der Waals surface area contributed by atoms with E-state index in [9.17, 15) is 14.4 Å². The number of carboxylic acids is 1. The van der Waals surface area contributed by atoms with Crippen molar-refractivity contribution in [3.8, 4) is 0 Å². The first-order valence-electron chi connectivity index (χ1n) is 8.94. The van der Waals surface area contributed by atoms with Gasteiger partial charge < -0.3 is 15.2 Å². The van der Waals surface area contributed by atoms with Gasteiger partial charge in [-0.05, 0) is 36.2 Å². The first kappa shape index (κ1) is 20.4. The summed E-state index contributed by atoms with van der Waals surface area (Å²) in [6.07, 6.45) is 3.40. The molecule has 0 aliphatic heterocycles. The molecule has 0 spiro atoms. The number of amides is 1. The molecule has 6 nitrogen and oxygen atoms in total. The summed E-state index contributed by atoms with van der Waals surface area (Å²) >= 11 is 1.42. The zero-order valence-corrected chi connectivity index (χ0v) is 16.6. The van der Waals surface area contributed by atoms with E-state index in [1.807, 2.05) is 0 Å². The van der Waals surface area contributed by atoms with Crippen LogP contribution in [0.15, 0.2) is 0 Å². The number of carbonyl (C=O) groups excluding carboxylic acids is 2. The minimum Gasteiger partial charge on any atom is -0.481 e.